The number of nitrogens with two attached hydrogens (primary N) is 1. The van der Waals surface area contributed by atoms with Crippen LogP contribution in [0.5, 0.6) is 0 Å². The first kappa shape index (κ1) is 13.7. The standard InChI is InChI=1S/C14H21N3O2/c1-19-9-6-16-14(18)12-10-11(15)4-5-13(12)17-7-2-3-8-17/h4-5,10H,2-3,6-9,15H2,1H3,(H,16,18). The Kier molecular flexibility index (Phi) is 4.63. The van der Waals surface area contributed by atoms with E-state index in [1.807, 2.05) is 12.1 Å². The van der Waals surface area contributed by atoms with Crippen molar-refractivity contribution in [1.82, 2.24) is 5.32 Å². The van der Waals surface area contributed by atoms with Crippen LogP contribution in [0.4, 0.5) is 11.4 Å². The highest BCUT2D eigenvalue weighted by atomic mass is 16.5. The first-order valence-corrected chi connectivity index (χ1v) is 6.64. The van der Waals surface area contributed by atoms with Crippen molar-refractivity contribution >= 4 is 17.3 Å². The van der Waals surface area contributed by atoms with Crippen LogP contribution in [-0.4, -0.2) is 39.3 Å². The lowest BCUT2D eigenvalue weighted by Crippen LogP contribution is -2.29. The molecule has 1 aromatic rings. The van der Waals surface area contributed by atoms with Crippen LogP contribution in [0.1, 0.15) is 23.2 Å². The minimum atomic E-state index is -0.0914. The molecule has 5 nitrogen and oxygen atoms in total. The summed E-state index contributed by atoms with van der Waals surface area (Å²) in [4.78, 5) is 14.4. The number of hydrogen-bond acceptors (Lipinski definition) is 4. The summed E-state index contributed by atoms with van der Waals surface area (Å²) in [6.07, 6.45) is 2.35. The molecule has 1 aromatic carbocycles. The minimum absolute atomic E-state index is 0.0914. The molecule has 0 bridgehead atoms. The Morgan fingerprint density at radius 2 is 2.16 bits per heavy atom. The topological polar surface area (TPSA) is 67.6 Å². The van der Waals surface area contributed by atoms with Gasteiger partial charge in [-0.2, -0.15) is 0 Å². The molecule has 1 amide bonds. The highest BCUT2D eigenvalue weighted by molar-refractivity contribution is 6.00. The van der Waals surface area contributed by atoms with E-state index in [1.54, 1.807) is 13.2 Å². The van der Waals surface area contributed by atoms with Crippen LogP contribution in [0.3, 0.4) is 0 Å². The Bertz CT molecular complexity index is 442. The molecule has 1 saturated heterocycles. The fourth-order valence-electron chi connectivity index (χ4n) is 2.33. The number of carbonyl (C=O) groups excluding carboxylic acids is 1. The zero-order chi connectivity index (χ0) is 13.7. The molecule has 1 fully saturated rings. The van der Waals surface area contributed by atoms with Gasteiger partial charge in [0, 0.05) is 38.1 Å². The molecule has 0 spiro atoms. The summed E-state index contributed by atoms with van der Waals surface area (Å²) < 4.78 is 4.93. The second-order valence-corrected chi connectivity index (χ2v) is 4.72. The lowest BCUT2D eigenvalue weighted by atomic mass is 10.1. The van der Waals surface area contributed by atoms with E-state index in [-0.39, 0.29) is 5.91 Å². The van der Waals surface area contributed by atoms with E-state index in [4.69, 9.17) is 10.5 Å². The quantitative estimate of drug-likeness (QED) is 0.619. The molecule has 1 aliphatic rings. The predicted molar refractivity (Wildman–Crippen MR) is 76.5 cm³/mol. The Hall–Kier alpha value is -1.75. The van der Waals surface area contributed by atoms with Gasteiger partial charge in [-0.25, -0.2) is 0 Å². The SMILES string of the molecule is COCCNC(=O)c1cc(N)ccc1N1CCCC1. The molecule has 0 radical (unpaired) electrons. The number of benzene rings is 1. The number of nitrogens with one attached hydrogen (secondary N) is 1. The monoisotopic (exact) mass is 263 g/mol. The van der Waals surface area contributed by atoms with Crippen LogP contribution < -0.4 is 16.0 Å². The third kappa shape index (κ3) is 3.38. The second kappa shape index (κ2) is 6.43. The first-order chi connectivity index (χ1) is 9.22. The van der Waals surface area contributed by atoms with E-state index >= 15 is 0 Å². The first-order valence-electron chi connectivity index (χ1n) is 6.64. The molecular weight excluding hydrogens is 242 g/mol. The summed E-state index contributed by atoms with van der Waals surface area (Å²) in [5.74, 6) is -0.0914. The van der Waals surface area contributed by atoms with E-state index in [0.29, 0.717) is 24.4 Å². The van der Waals surface area contributed by atoms with Gasteiger partial charge in [-0.1, -0.05) is 0 Å². The fourth-order valence-corrected chi connectivity index (χ4v) is 2.33. The number of carbonyl (C=O) groups is 1. The van der Waals surface area contributed by atoms with Crippen LogP contribution in [-0.2, 0) is 4.74 Å². The third-order valence-electron chi connectivity index (χ3n) is 3.30. The average molecular weight is 263 g/mol. The smallest absolute Gasteiger partial charge is 0.253 e. The molecular formula is C14H21N3O2. The Morgan fingerprint density at radius 3 is 2.84 bits per heavy atom. The van der Waals surface area contributed by atoms with E-state index in [2.05, 4.69) is 10.2 Å². The summed E-state index contributed by atoms with van der Waals surface area (Å²) in [5, 5.41) is 2.84. The maximum absolute atomic E-state index is 12.2. The highest BCUT2D eigenvalue weighted by Gasteiger charge is 2.19. The Balaban J connectivity index is 2.16. The predicted octanol–water partition coefficient (Wildman–Crippen LogP) is 1.25. The molecule has 1 heterocycles. The van der Waals surface area contributed by atoms with Crippen LogP contribution in [0.25, 0.3) is 0 Å². The largest absolute Gasteiger partial charge is 0.399 e. The summed E-state index contributed by atoms with van der Waals surface area (Å²) in [6, 6.07) is 5.53. The van der Waals surface area contributed by atoms with Crippen LogP contribution in [0, 0.1) is 0 Å². The molecule has 1 aliphatic heterocycles. The molecule has 5 heteroatoms. The molecule has 19 heavy (non-hydrogen) atoms. The van der Waals surface area contributed by atoms with Crippen molar-refractivity contribution in [1.29, 1.82) is 0 Å². The summed E-state index contributed by atoms with van der Waals surface area (Å²) in [5.41, 5.74) is 8.03. The van der Waals surface area contributed by atoms with E-state index in [0.717, 1.165) is 18.8 Å². The van der Waals surface area contributed by atoms with Gasteiger partial charge in [0.2, 0.25) is 0 Å². The van der Waals surface area contributed by atoms with Crippen molar-refractivity contribution < 1.29 is 9.53 Å². The lowest BCUT2D eigenvalue weighted by molar-refractivity contribution is 0.0937. The van der Waals surface area contributed by atoms with Gasteiger partial charge in [0.05, 0.1) is 12.2 Å². The summed E-state index contributed by atoms with van der Waals surface area (Å²) >= 11 is 0. The van der Waals surface area contributed by atoms with Crippen LogP contribution in [0.15, 0.2) is 18.2 Å². The van der Waals surface area contributed by atoms with Crippen molar-refractivity contribution in [2.45, 2.75) is 12.8 Å². The van der Waals surface area contributed by atoms with Gasteiger partial charge in [0.15, 0.2) is 0 Å². The van der Waals surface area contributed by atoms with Crippen LogP contribution in [0.2, 0.25) is 0 Å². The second-order valence-electron chi connectivity index (χ2n) is 4.72. The molecule has 2 rings (SSSR count). The summed E-state index contributed by atoms with van der Waals surface area (Å²) in [7, 11) is 1.61. The third-order valence-corrected chi connectivity index (χ3v) is 3.30. The number of rotatable bonds is 5. The number of nitrogen functional groups attached to an aromatic ring is 1. The summed E-state index contributed by atoms with van der Waals surface area (Å²) in [6.45, 7) is 3.02. The molecule has 3 N–H and O–H groups in total. The molecule has 0 unspecified atom stereocenters. The zero-order valence-corrected chi connectivity index (χ0v) is 11.3. The van der Waals surface area contributed by atoms with Crippen molar-refractivity contribution in [3.8, 4) is 0 Å². The van der Waals surface area contributed by atoms with Gasteiger partial charge in [-0.05, 0) is 31.0 Å². The Labute approximate surface area is 113 Å². The normalized spacial score (nSPS) is 14.7. The number of ether oxygens (including phenoxy) is 1. The zero-order valence-electron chi connectivity index (χ0n) is 11.3. The Morgan fingerprint density at radius 1 is 1.42 bits per heavy atom. The maximum Gasteiger partial charge on any atom is 0.253 e. The maximum atomic E-state index is 12.2. The molecule has 104 valence electrons. The molecule has 0 aliphatic carbocycles. The number of anilines is 2. The van der Waals surface area contributed by atoms with Gasteiger partial charge in [0.1, 0.15) is 0 Å². The number of amides is 1. The van der Waals surface area contributed by atoms with E-state index < -0.39 is 0 Å². The van der Waals surface area contributed by atoms with Crippen molar-refractivity contribution in [3.63, 3.8) is 0 Å². The van der Waals surface area contributed by atoms with Crippen molar-refractivity contribution in [3.05, 3.63) is 23.8 Å². The van der Waals surface area contributed by atoms with Crippen molar-refractivity contribution in [2.24, 2.45) is 0 Å². The van der Waals surface area contributed by atoms with E-state index in [9.17, 15) is 4.79 Å². The van der Waals surface area contributed by atoms with Gasteiger partial charge in [0.25, 0.3) is 5.91 Å². The van der Waals surface area contributed by atoms with E-state index in [1.165, 1.54) is 12.8 Å². The molecule has 0 atom stereocenters. The highest BCUT2D eigenvalue weighted by Crippen LogP contribution is 2.26. The average Bonchev–Trinajstić information content (AvgIpc) is 2.92. The molecule has 0 saturated carbocycles. The van der Waals surface area contributed by atoms with Crippen LogP contribution >= 0.6 is 0 Å². The fraction of sp³-hybridized carbons (Fsp3) is 0.500. The van der Waals surface area contributed by atoms with Gasteiger partial charge in [-0.3, -0.25) is 4.79 Å². The minimum Gasteiger partial charge on any atom is -0.399 e. The van der Waals surface area contributed by atoms with Gasteiger partial charge < -0.3 is 20.7 Å². The van der Waals surface area contributed by atoms with Gasteiger partial charge in [-0.15, -0.1) is 0 Å². The number of nitrogens with zero attached hydrogens (tertiary/aromatic N) is 1. The lowest BCUT2D eigenvalue weighted by Gasteiger charge is -2.21. The molecule has 0 aromatic heterocycles. The number of methoxy groups -OCH3 is 1. The van der Waals surface area contributed by atoms with Crippen molar-refractivity contribution in [2.75, 3.05) is 44.0 Å². The van der Waals surface area contributed by atoms with Gasteiger partial charge >= 0.3 is 0 Å². The number of hydrogen-bond donors (Lipinski definition) is 2.